The van der Waals surface area contributed by atoms with Crippen molar-refractivity contribution in [1.29, 1.82) is 0 Å². The normalized spacial score (nSPS) is 21.0. The number of benzene rings is 2. The lowest BCUT2D eigenvalue weighted by molar-refractivity contribution is -0.209. The van der Waals surface area contributed by atoms with Crippen LogP contribution in [0.3, 0.4) is 0 Å². The van der Waals surface area contributed by atoms with Crippen molar-refractivity contribution in [1.82, 2.24) is 0 Å². The molecule has 0 aromatic heterocycles. The maximum absolute atomic E-state index is 12.4. The summed E-state index contributed by atoms with van der Waals surface area (Å²) >= 11 is 0. The van der Waals surface area contributed by atoms with Crippen LogP contribution in [0.25, 0.3) is 0 Å². The molecule has 2 fully saturated rings. The standard InChI is InChI=1S/C39H52O10Si2/c1-9-50(5,6)33-23-11-27(12-24-33)35(40)46-48-37(42)44-31-19-15-29(16-20-31)39(3,4)30-17-21-32(22-18-30)45-38(43)49-47-36(41)28-13-25-34(26-14-28)51(7,8)10-2/h9-14,23-26,29-32H,1-2,15-22H2,3-8H3. The number of hydrogen-bond acceptors (Lipinski definition) is 10. The molecule has 0 atom stereocenters. The molecule has 2 aliphatic rings. The Morgan fingerprint density at radius 1 is 0.569 bits per heavy atom. The maximum atomic E-state index is 12.4. The molecule has 2 aliphatic carbocycles. The van der Waals surface area contributed by atoms with Crippen LogP contribution < -0.4 is 10.4 Å². The Bertz CT molecular complexity index is 1430. The molecule has 0 unspecified atom stereocenters. The first-order valence-corrected chi connectivity index (χ1v) is 23.9. The second-order valence-corrected chi connectivity index (χ2v) is 24.3. The number of carbonyl (C=O) groups is 4. The van der Waals surface area contributed by atoms with Gasteiger partial charge in [-0.3, -0.25) is 0 Å². The molecule has 0 aliphatic heterocycles. The average molecular weight is 737 g/mol. The van der Waals surface area contributed by atoms with E-state index in [1.807, 2.05) is 35.7 Å². The monoisotopic (exact) mass is 736 g/mol. The molecule has 0 heterocycles. The summed E-state index contributed by atoms with van der Waals surface area (Å²) in [6.07, 6.45) is 3.57. The van der Waals surface area contributed by atoms with Gasteiger partial charge in [0.1, 0.15) is 28.4 Å². The Morgan fingerprint density at radius 3 is 1.18 bits per heavy atom. The summed E-state index contributed by atoms with van der Waals surface area (Å²) < 4.78 is 10.9. The summed E-state index contributed by atoms with van der Waals surface area (Å²) in [5.41, 5.74) is 4.51. The van der Waals surface area contributed by atoms with Gasteiger partial charge >= 0.3 is 24.2 Å². The molecule has 2 aromatic rings. The summed E-state index contributed by atoms with van der Waals surface area (Å²) in [4.78, 5) is 68.2. The Balaban J connectivity index is 1.13. The molecule has 10 nitrogen and oxygen atoms in total. The van der Waals surface area contributed by atoms with E-state index in [1.165, 1.54) is 0 Å². The molecule has 2 aromatic carbocycles. The summed E-state index contributed by atoms with van der Waals surface area (Å²) in [6.45, 7) is 21.0. The molecule has 0 amide bonds. The Kier molecular flexibility index (Phi) is 13.1. The molecule has 0 bridgehead atoms. The molecule has 0 N–H and O–H groups in total. The quantitative estimate of drug-likeness (QED) is 0.102. The Labute approximate surface area is 303 Å². The van der Waals surface area contributed by atoms with Crippen molar-refractivity contribution < 1.29 is 48.2 Å². The second kappa shape index (κ2) is 16.9. The van der Waals surface area contributed by atoms with E-state index in [9.17, 15) is 19.2 Å². The van der Waals surface area contributed by atoms with Crippen LogP contribution in [0.2, 0.25) is 26.2 Å². The molecular weight excluding hydrogens is 685 g/mol. The first kappa shape index (κ1) is 39.6. The van der Waals surface area contributed by atoms with Gasteiger partial charge in [-0.1, -0.05) is 86.1 Å². The van der Waals surface area contributed by atoms with Gasteiger partial charge in [-0.15, -0.1) is 13.2 Å². The van der Waals surface area contributed by atoms with Gasteiger partial charge in [-0.2, -0.15) is 9.59 Å². The Hall–Kier alpha value is -4.17. The van der Waals surface area contributed by atoms with Crippen molar-refractivity contribution in [3.63, 3.8) is 0 Å². The third-order valence-electron chi connectivity index (χ3n) is 11.1. The highest BCUT2D eigenvalue weighted by atomic mass is 28.3. The van der Waals surface area contributed by atoms with Crippen LogP contribution in [0.15, 0.2) is 73.1 Å². The fraction of sp³-hybridized carbons (Fsp3) is 0.487. The zero-order valence-electron chi connectivity index (χ0n) is 30.7. The van der Waals surface area contributed by atoms with Gasteiger partial charge in [0.05, 0.1) is 11.1 Å². The Morgan fingerprint density at radius 2 is 0.882 bits per heavy atom. The van der Waals surface area contributed by atoms with Gasteiger partial charge in [-0.05, 0) is 92.9 Å². The number of ether oxygens (including phenoxy) is 2. The molecule has 276 valence electrons. The molecule has 4 rings (SSSR count). The van der Waals surface area contributed by atoms with E-state index in [4.69, 9.17) is 19.2 Å². The van der Waals surface area contributed by atoms with Crippen LogP contribution >= 0.6 is 0 Å². The maximum Gasteiger partial charge on any atom is 0.550 e. The summed E-state index contributed by atoms with van der Waals surface area (Å²) in [7, 11) is -3.51. The van der Waals surface area contributed by atoms with Crippen LogP contribution in [0.1, 0.15) is 85.9 Å². The smallest absolute Gasteiger partial charge is 0.428 e. The number of hydrogen-bond donors (Lipinski definition) is 0. The van der Waals surface area contributed by atoms with Crippen molar-refractivity contribution >= 4 is 50.8 Å². The van der Waals surface area contributed by atoms with Gasteiger partial charge in [-0.25, -0.2) is 29.1 Å². The van der Waals surface area contributed by atoms with Crippen molar-refractivity contribution in [2.75, 3.05) is 0 Å². The lowest BCUT2D eigenvalue weighted by Crippen LogP contribution is -2.39. The van der Waals surface area contributed by atoms with E-state index in [1.54, 1.807) is 24.3 Å². The average Bonchev–Trinajstić information content (AvgIpc) is 3.13. The second-order valence-electron chi connectivity index (χ2n) is 15.4. The lowest BCUT2D eigenvalue weighted by atomic mass is 9.60. The van der Waals surface area contributed by atoms with Crippen molar-refractivity contribution in [2.45, 2.75) is 104 Å². The van der Waals surface area contributed by atoms with Crippen molar-refractivity contribution in [3.8, 4) is 0 Å². The highest BCUT2D eigenvalue weighted by molar-refractivity contribution is 6.94. The molecule has 2 saturated carbocycles. The van der Waals surface area contributed by atoms with E-state index < -0.39 is 40.4 Å². The largest absolute Gasteiger partial charge is 0.550 e. The van der Waals surface area contributed by atoms with Crippen LogP contribution in [0, 0.1) is 17.3 Å². The van der Waals surface area contributed by atoms with Crippen LogP contribution in [-0.4, -0.2) is 52.6 Å². The fourth-order valence-electron chi connectivity index (χ4n) is 7.04. The highest BCUT2D eigenvalue weighted by Gasteiger charge is 2.42. The number of rotatable bonds is 10. The van der Waals surface area contributed by atoms with Crippen LogP contribution in [-0.2, 0) is 29.0 Å². The number of carbonyl (C=O) groups excluding carboxylic acids is 4. The third kappa shape index (κ3) is 10.4. The minimum absolute atomic E-state index is 0.0276. The highest BCUT2D eigenvalue weighted by Crippen LogP contribution is 2.49. The minimum Gasteiger partial charge on any atom is -0.428 e. The van der Waals surface area contributed by atoms with Crippen LogP contribution in [0.4, 0.5) is 9.59 Å². The van der Waals surface area contributed by atoms with E-state index in [0.29, 0.717) is 37.5 Å². The van der Waals surface area contributed by atoms with E-state index in [-0.39, 0.29) is 28.7 Å². The van der Waals surface area contributed by atoms with Gasteiger partial charge in [0.2, 0.25) is 0 Å². The molecule has 12 heteroatoms. The van der Waals surface area contributed by atoms with Gasteiger partial charge in [0.15, 0.2) is 0 Å². The van der Waals surface area contributed by atoms with Gasteiger partial charge in [0.25, 0.3) is 0 Å². The zero-order valence-corrected chi connectivity index (χ0v) is 32.7. The topological polar surface area (TPSA) is 124 Å². The molecule has 51 heavy (non-hydrogen) atoms. The fourth-order valence-corrected chi connectivity index (χ4v) is 9.56. The minimum atomic E-state index is -1.75. The van der Waals surface area contributed by atoms with Crippen molar-refractivity contribution in [2.24, 2.45) is 17.3 Å². The SMILES string of the molecule is C=C[Si](C)(C)c1ccc(C(=O)OOC(=O)OC2CCC(C(C)(C)C3CCC(OC(=O)OOC(=O)c4ccc([Si](C)(C)C=C)cc4)CC3)CC2)cc1. The lowest BCUT2D eigenvalue weighted by Gasteiger charge is -2.46. The summed E-state index contributed by atoms with van der Waals surface area (Å²) in [5, 5.41) is 2.25. The predicted molar refractivity (Wildman–Crippen MR) is 199 cm³/mol. The third-order valence-corrected chi connectivity index (χ3v) is 16.8. The van der Waals surface area contributed by atoms with E-state index in [0.717, 1.165) is 36.1 Å². The molecule has 0 saturated heterocycles. The predicted octanol–water partition coefficient (Wildman–Crippen LogP) is 8.26. The zero-order chi connectivity index (χ0) is 37.4. The van der Waals surface area contributed by atoms with Crippen LogP contribution in [0.5, 0.6) is 0 Å². The van der Waals surface area contributed by atoms with E-state index in [2.05, 4.69) is 63.0 Å². The first-order valence-electron chi connectivity index (χ1n) is 17.7. The molecule has 0 spiro atoms. The van der Waals surface area contributed by atoms with Crippen molar-refractivity contribution in [3.05, 3.63) is 84.2 Å². The molecule has 0 radical (unpaired) electrons. The summed E-state index contributed by atoms with van der Waals surface area (Å²) in [6, 6.07) is 14.1. The van der Waals surface area contributed by atoms with Gasteiger partial charge < -0.3 is 9.47 Å². The summed E-state index contributed by atoms with van der Waals surface area (Å²) in [5.74, 6) is -0.688. The first-order chi connectivity index (χ1) is 24.1. The molecular formula is C39H52O10Si2. The van der Waals surface area contributed by atoms with E-state index >= 15 is 0 Å². The van der Waals surface area contributed by atoms with Gasteiger partial charge in [0, 0.05) is 0 Å².